The summed E-state index contributed by atoms with van der Waals surface area (Å²) in [6, 6.07) is 16.5. The summed E-state index contributed by atoms with van der Waals surface area (Å²) < 4.78 is 6.38. The van der Waals surface area contributed by atoms with Gasteiger partial charge in [-0.15, -0.1) is 0 Å². The van der Waals surface area contributed by atoms with Gasteiger partial charge in [0.2, 0.25) is 0 Å². The van der Waals surface area contributed by atoms with E-state index in [1.165, 1.54) is 0 Å². The van der Waals surface area contributed by atoms with Gasteiger partial charge in [0.15, 0.2) is 11.1 Å². The first-order chi connectivity index (χ1) is 16.3. The van der Waals surface area contributed by atoms with Gasteiger partial charge in [0.1, 0.15) is 16.5 Å². The molecule has 0 aliphatic heterocycles. The molecule has 0 spiro atoms. The highest BCUT2D eigenvalue weighted by atomic mass is 35.5. The molecule has 7 heteroatoms. The number of benzene rings is 2. The smallest absolute Gasteiger partial charge is 0.272 e. The highest BCUT2D eigenvalue weighted by Gasteiger charge is 2.21. The maximum Gasteiger partial charge on any atom is 0.272 e. The van der Waals surface area contributed by atoms with Gasteiger partial charge in [-0.2, -0.15) is 0 Å². The Morgan fingerprint density at radius 1 is 1.12 bits per heavy atom. The lowest BCUT2D eigenvalue weighted by molar-refractivity contribution is 0.0951. The molecule has 0 fully saturated rings. The van der Waals surface area contributed by atoms with Crippen LogP contribution in [0.4, 0.5) is 5.69 Å². The highest BCUT2D eigenvalue weighted by molar-refractivity contribution is 6.29. The number of halogens is 1. The third kappa shape index (κ3) is 4.54. The van der Waals surface area contributed by atoms with Gasteiger partial charge >= 0.3 is 0 Å². The zero-order valence-corrected chi connectivity index (χ0v) is 20.3. The van der Waals surface area contributed by atoms with Crippen LogP contribution in [0.25, 0.3) is 22.3 Å². The largest absolute Gasteiger partial charge is 0.455 e. The van der Waals surface area contributed by atoms with Gasteiger partial charge in [-0.1, -0.05) is 48.0 Å². The minimum absolute atomic E-state index is 0.0616. The zero-order chi connectivity index (χ0) is 24.4. The van der Waals surface area contributed by atoms with Crippen LogP contribution in [0, 0.1) is 13.8 Å². The summed E-state index contributed by atoms with van der Waals surface area (Å²) in [5, 5.41) is 6.88. The minimum Gasteiger partial charge on any atom is -0.455 e. The number of hydrogen-bond acceptors (Lipinski definition) is 5. The molecule has 0 aliphatic rings. The summed E-state index contributed by atoms with van der Waals surface area (Å²) in [7, 11) is 0. The van der Waals surface area contributed by atoms with E-state index in [2.05, 4.69) is 15.6 Å². The lowest BCUT2D eigenvalue weighted by Crippen LogP contribution is -2.25. The van der Waals surface area contributed by atoms with Gasteiger partial charge in [0.25, 0.3) is 5.91 Å². The number of carbonyl (C=O) groups excluding carboxylic acids is 1. The summed E-state index contributed by atoms with van der Waals surface area (Å²) in [5.41, 5.74) is 4.35. The number of rotatable bonds is 6. The Hall–Kier alpha value is -3.64. The lowest BCUT2D eigenvalue weighted by Gasteiger charge is -2.20. The van der Waals surface area contributed by atoms with Crippen molar-refractivity contribution < 1.29 is 9.21 Å². The molecule has 0 saturated carbocycles. The fourth-order valence-corrected chi connectivity index (χ4v) is 4.18. The second kappa shape index (κ2) is 9.69. The van der Waals surface area contributed by atoms with Crippen molar-refractivity contribution in [3.8, 4) is 11.3 Å². The number of amides is 1. The molecule has 34 heavy (non-hydrogen) atoms. The molecule has 174 valence electrons. The summed E-state index contributed by atoms with van der Waals surface area (Å²) in [5.74, 6) is 0.230. The van der Waals surface area contributed by atoms with Crippen molar-refractivity contribution in [1.29, 1.82) is 0 Å². The molecular weight excluding hydrogens is 450 g/mol. The highest BCUT2D eigenvalue weighted by Crippen LogP contribution is 2.32. The van der Waals surface area contributed by atoms with E-state index in [9.17, 15) is 9.59 Å². The standard InChI is InChI=1S/C27H26ClN3O3/c1-5-29-27(33)23-21(11-12-22(28)31-23)30-17(4)19-13-15(2)14-20-24(32)16(3)25(34-26(19)20)18-9-7-6-8-10-18/h6-14,17,30H,5H2,1-4H3,(H,29,33). The first-order valence-corrected chi connectivity index (χ1v) is 11.5. The van der Waals surface area contributed by atoms with Gasteiger partial charge < -0.3 is 15.1 Å². The molecule has 2 aromatic heterocycles. The number of nitrogens with zero attached hydrogens (tertiary/aromatic N) is 1. The van der Waals surface area contributed by atoms with Crippen molar-refractivity contribution in [3.05, 3.63) is 92.4 Å². The Morgan fingerprint density at radius 3 is 2.56 bits per heavy atom. The van der Waals surface area contributed by atoms with E-state index in [-0.39, 0.29) is 28.2 Å². The van der Waals surface area contributed by atoms with Crippen LogP contribution < -0.4 is 16.1 Å². The number of nitrogens with one attached hydrogen (secondary N) is 2. The van der Waals surface area contributed by atoms with Crippen molar-refractivity contribution in [2.24, 2.45) is 0 Å². The van der Waals surface area contributed by atoms with Gasteiger partial charge in [0.05, 0.1) is 17.1 Å². The number of hydrogen-bond donors (Lipinski definition) is 2. The maximum absolute atomic E-state index is 13.3. The Morgan fingerprint density at radius 2 is 1.85 bits per heavy atom. The molecule has 0 bridgehead atoms. The van der Waals surface area contributed by atoms with E-state index in [1.54, 1.807) is 19.1 Å². The zero-order valence-electron chi connectivity index (χ0n) is 19.5. The second-order valence-corrected chi connectivity index (χ2v) is 8.63. The number of fused-ring (bicyclic) bond motifs is 1. The fraction of sp³-hybridized carbons (Fsp3) is 0.222. The van der Waals surface area contributed by atoms with Gasteiger partial charge in [-0.05, 0) is 51.5 Å². The normalized spacial score (nSPS) is 11.9. The van der Waals surface area contributed by atoms with E-state index in [4.69, 9.17) is 16.0 Å². The van der Waals surface area contributed by atoms with Crippen molar-refractivity contribution in [3.63, 3.8) is 0 Å². The molecular formula is C27H26ClN3O3. The Balaban J connectivity index is 1.84. The molecule has 1 atom stereocenters. The quantitative estimate of drug-likeness (QED) is 0.332. The van der Waals surface area contributed by atoms with E-state index in [0.717, 1.165) is 16.7 Å². The van der Waals surface area contributed by atoms with Crippen LogP contribution >= 0.6 is 11.6 Å². The molecule has 1 unspecified atom stereocenters. The predicted octanol–water partition coefficient (Wildman–Crippen LogP) is 6.05. The summed E-state index contributed by atoms with van der Waals surface area (Å²) >= 11 is 6.05. The molecule has 0 radical (unpaired) electrons. The average molecular weight is 476 g/mol. The number of aryl methyl sites for hydroxylation is 1. The van der Waals surface area contributed by atoms with Crippen LogP contribution in [-0.4, -0.2) is 17.4 Å². The monoisotopic (exact) mass is 475 g/mol. The van der Waals surface area contributed by atoms with Gasteiger partial charge in [-0.3, -0.25) is 9.59 Å². The van der Waals surface area contributed by atoms with Crippen LogP contribution in [0.5, 0.6) is 0 Å². The first kappa shape index (κ1) is 23.5. The van der Waals surface area contributed by atoms with Gasteiger partial charge in [-0.25, -0.2) is 4.98 Å². The Labute approximate surface area is 203 Å². The summed E-state index contributed by atoms with van der Waals surface area (Å²) in [6.45, 7) is 7.99. The molecule has 4 rings (SSSR count). The molecule has 2 aromatic carbocycles. The average Bonchev–Trinajstić information content (AvgIpc) is 2.83. The summed E-state index contributed by atoms with van der Waals surface area (Å²) in [4.78, 5) is 30.1. The SMILES string of the molecule is CCNC(=O)c1nc(Cl)ccc1NC(C)c1cc(C)cc2c(=O)c(C)c(-c3ccccc3)oc12. The predicted molar refractivity (Wildman–Crippen MR) is 137 cm³/mol. The van der Waals surface area contributed by atoms with Crippen molar-refractivity contribution in [1.82, 2.24) is 10.3 Å². The van der Waals surface area contributed by atoms with Crippen LogP contribution in [-0.2, 0) is 0 Å². The Kier molecular flexibility index (Phi) is 6.70. The van der Waals surface area contributed by atoms with Gasteiger partial charge in [0, 0.05) is 23.2 Å². The van der Waals surface area contributed by atoms with Crippen LogP contribution in [0.1, 0.15) is 47.1 Å². The van der Waals surface area contributed by atoms with Crippen LogP contribution in [0.2, 0.25) is 5.15 Å². The molecule has 1 amide bonds. The molecule has 2 heterocycles. The van der Waals surface area contributed by atoms with E-state index in [1.807, 2.05) is 63.2 Å². The fourth-order valence-electron chi connectivity index (χ4n) is 4.03. The Bertz CT molecular complexity index is 1430. The topological polar surface area (TPSA) is 84.2 Å². The number of aromatic nitrogens is 1. The number of carbonyl (C=O) groups is 1. The van der Waals surface area contributed by atoms with E-state index >= 15 is 0 Å². The van der Waals surface area contributed by atoms with Crippen LogP contribution in [0.15, 0.2) is 63.8 Å². The molecule has 6 nitrogen and oxygen atoms in total. The van der Waals surface area contributed by atoms with E-state index in [0.29, 0.717) is 34.5 Å². The molecule has 0 saturated heterocycles. The second-order valence-electron chi connectivity index (χ2n) is 8.24. The third-order valence-electron chi connectivity index (χ3n) is 5.68. The molecule has 0 aliphatic carbocycles. The number of anilines is 1. The molecule has 2 N–H and O–H groups in total. The van der Waals surface area contributed by atoms with Crippen molar-refractivity contribution in [2.45, 2.75) is 33.7 Å². The minimum atomic E-state index is -0.317. The summed E-state index contributed by atoms with van der Waals surface area (Å²) in [6.07, 6.45) is 0. The lowest BCUT2D eigenvalue weighted by atomic mass is 9.98. The molecule has 4 aromatic rings. The van der Waals surface area contributed by atoms with E-state index < -0.39 is 0 Å². The third-order valence-corrected chi connectivity index (χ3v) is 5.89. The van der Waals surface area contributed by atoms with Crippen LogP contribution in [0.3, 0.4) is 0 Å². The van der Waals surface area contributed by atoms with Crippen molar-refractivity contribution in [2.75, 3.05) is 11.9 Å². The number of pyridine rings is 1. The maximum atomic E-state index is 13.3. The first-order valence-electron chi connectivity index (χ1n) is 11.1. The van der Waals surface area contributed by atoms with Crippen molar-refractivity contribution >= 4 is 34.2 Å².